The third kappa shape index (κ3) is 5.06. The van der Waals surface area contributed by atoms with E-state index in [-0.39, 0.29) is 31.2 Å². The summed E-state index contributed by atoms with van der Waals surface area (Å²) in [5, 5.41) is 11.7. The lowest BCUT2D eigenvalue weighted by Crippen LogP contribution is -2.67. The van der Waals surface area contributed by atoms with Gasteiger partial charge < -0.3 is 21.1 Å². The van der Waals surface area contributed by atoms with Crippen LogP contribution in [-0.2, 0) is 9.53 Å². The maximum atomic E-state index is 13.8. The number of nitrogens with one attached hydrogen (secondary N) is 4. The van der Waals surface area contributed by atoms with Crippen molar-refractivity contribution in [1.29, 1.82) is 0 Å². The van der Waals surface area contributed by atoms with Gasteiger partial charge in [-0.25, -0.2) is 14.8 Å². The molecule has 6 N–H and O–H groups in total. The Morgan fingerprint density at radius 1 is 1.09 bits per heavy atom. The van der Waals surface area contributed by atoms with Crippen LogP contribution in [0.1, 0.15) is 19.8 Å². The Bertz CT molecular complexity index is 675. The maximum Gasteiger partial charge on any atom is 0.229 e. The molecule has 0 aromatic carbocycles. The second kappa shape index (κ2) is 10.4. The first-order chi connectivity index (χ1) is 16.0. The number of hydrogen-bond acceptors (Lipinski definition) is 9. The molecule has 5 aliphatic rings. The van der Waals surface area contributed by atoms with Gasteiger partial charge in [-0.2, -0.15) is 0 Å². The van der Waals surface area contributed by atoms with Gasteiger partial charge in [0.05, 0.1) is 24.3 Å². The predicted octanol–water partition coefficient (Wildman–Crippen LogP) is -2.14. The van der Waals surface area contributed by atoms with Crippen molar-refractivity contribution in [3.05, 3.63) is 0 Å². The maximum absolute atomic E-state index is 13.8. The molecule has 0 aromatic heterocycles. The average molecular weight is 469 g/mol. The number of carbonyl (C=O) groups excluding carboxylic acids is 1. The molecule has 5 fully saturated rings. The van der Waals surface area contributed by atoms with Crippen LogP contribution in [-0.4, -0.2) is 123 Å². The molecule has 11 heteroatoms. The molecule has 0 bridgehead atoms. The van der Waals surface area contributed by atoms with Gasteiger partial charge in [-0.1, -0.05) is 6.92 Å². The molecule has 0 radical (unpaired) electrons. The van der Waals surface area contributed by atoms with E-state index in [0.29, 0.717) is 18.0 Å². The Kier molecular flexibility index (Phi) is 7.48. The summed E-state index contributed by atoms with van der Waals surface area (Å²) in [4.78, 5) is 18.6. The molecule has 188 valence electrons. The van der Waals surface area contributed by atoms with E-state index < -0.39 is 18.3 Å². The smallest absolute Gasteiger partial charge is 0.229 e. The summed E-state index contributed by atoms with van der Waals surface area (Å²) in [6, 6.07) is 0.964. The van der Waals surface area contributed by atoms with E-state index >= 15 is 0 Å². The van der Waals surface area contributed by atoms with Crippen molar-refractivity contribution in [2.45, 2.75) is 56.4 Å². The second-order valence-electron chi connectivity index (χ2n) is 10.4. The Morgan fingerprint density at radius 3 is 2.58 bits per heavy atom. The monoisotopic (exact) mass is 468 g/mol. The van der Waals surface area contributed by atoms with Crippen molar-refractivity contribution in [1.82, 2.24) is 36.2 Å². The molecular formula is C22H41FN8O2. The Labute approximate surface area is 196 Å². The van der Waals surface area contributed by atoms with Gasteiger partial charge in [0.25, 0.3) is 0 Å². The van der Waals surface area contributed by atoms with Crippen LogP contribution in [0.3, 0.4) is 0 Å². The van der Waals surface area contributed by atoms with E-state index in [2.05, 4.69) is 38.1 Å². The zero-order chi connectivity index (χ0) is 22.9. The number of piperidine rings is 1. The minimum absolute atomic E-state index is 0.0228. The van der Waals surface area contributed by atoms with Crippen LogP contribution in [0.15, 0.2) is 0 Å². The van der Waals surface area contributed by atoms with E-state index in [4.69, 9.17) is 10.5 Å². The van der Waals surface area contributed by atoms with Crippen molar-refractivity contribution in [2.24, 2.45) is 17.6 Å². The fourth-order valence-corrected chi connectivity index (χ4v) is 6.56. The standard InChI is InChI=1S/C22H41FN8O2/c1-14-10-25-12-17(19(14)30-6-4-29(5-7-30)16-2-8-33-9-3-16)27-22(32)18-20(24)28-31-13-15(23)11-26-21(18)31/h14-21,25-26,28H,2-13,24H2,1H3,(H,27,32). The van der Waals surface area contributed by atoms with Gasteiger partial charge in [-0.15, -0.1) is 0 Å². The third-order valence-electron chi connectivity index (χ3n) is 8.25. The van der Waals surface area contributed by atoms with Crippen LogP contribution in [0.5, 0.6) is 0 Å². The number of nitrogens with two attached hydrogens (primary N) is 1. The number of nitrogens with zero attached hydrogens (tertiary/aromatic N) is 3. The van der Waals surface area contributed by atoms with E-state index in [9.17, 15) is 9.18 Å². The van der Waals surface area contributed by atoms with Crippen LogP contribution < -0.4 is 27.1 Å². The first-order valence-electron chi connectivity index (χ1n) is 12.7. The van der Waals surface area contributed by atoms with Crippen LogP contribution in [0, 0.1) is 11.8 Å². The summed E-state index contributed by atoms with van der Waals surface area (Å²) in [6.07, 6.45) is 0.502. The first kappa shape index (κ1) is 23.8. The van der Waals surface area contributed by atoms with Gasteiger partial charge in [0.2, 0.25) is 5.91 Å². The average Bonchev–Trinajstić information content (AvgIpc) is 3.15. The molecule has 7 unspecified atom stereocenters. The topological polar surface area (TPSA) is 110 Å². The highest BCUT2D eigenvalue weighted by molar-refractivity contribution is 5.81. The zero-order valence-corrected chi connectivity index (χ0v) is 19.7. The number of ether oxygens (including phenoxy) is 1. The number of carbonyl (C=O) groups is 1. The fourth-order valence-electron chi connectivity index (χ4n) is 6.56. The van der Waals surface area contributed by atoms with Crippen LogP contribution in [0.2, 0.25) is 0 Å². The summed E-state index contributed by atoms with van der Waals surface area (Å²) in [7, 11) is 0. The first-order valence-corrected chi connectivity index (χ1v) is 12.7. The lowest BCUT2D eigenvalue weighted by molar-refractivity contribution is -0.128. The molecule has 0 saturated carbocycles. The summed E-state index contributed by atoms with van der Waals surface area (Å²) in [5.74, 6) is -0.0783. The second-order valence-corrected chi connectivity index (χ2v) is 10.4. The molecular weight excluding hydrogens is 427 g/mol. The number of amides is 1. The van der Waals surface area contributed by atoms with Gasteiger partial charge in [-0.3, -0.25) is 19.9 Å². The molecule has 0 aromatic rings. The van der Waals surface area contributed by atoms with E-state index in [1.807, 2.05) is 0 Å². The lowest BCUT2D eigenvalue weighted by atomic mass is 9.88. The van der Waals surface area contributed by atoms with E-state index in [0.717, 1.165) is 65.3 Å². The summed E-state index contributed by atoms with van der Waals surface area (Å²) in [5.41, 5.74) is 9.35. The van der Waals surface area contributed by atoms with Crippen molar-refractivity contribution < 1.29 is 13.9 Å². The molecule has 5 heterocycles. The van der Waals surface area contributed by atoms with Crippen molar-refractivity contribution in [3.8, 4) is 0 Å². The predicted molar refractivity (Wildman–Crippen MR) is 123 cm³/mol. The number of rotatable bonds is 4. The van der Waals surface area contributed by atoms with Gasteiger partial charge in [-0.05, 0) is 25.3 Å². The van der Waals surface area contributed by atoms with E-state index in [1.54, 1.807) is 5.01 Å². The SMILES string of the molecule is CC1CNCC(NC(=O)C2C(N)NN3CC(F)CNC23)C1N1CCN(C2CCOCC2)CC1. The number of hydrazine groups is 1. The molecule has 1 amide bonds. The number of alkyl halides is 1. The number of fused-ring (bicyclic) bond motifs is 1. The van der Waals surface area contributed by atoms with Crippen LogP contribution in [0.4, 0.5) is 4.39 Å². The summed E-state index contributed by atoms with van der Waals surface area (Å²) < 4.78 is 19.3. The van der Waals surface area contributed by atoms with E-state index in [1.165, 1.54) is 0 Å². The normalized spacial score (nSPS) is 42.2. The zero-order valence-electron chi connectivity index (χ0n) is 19.7. The minimum Gasteiger partial charge on any atom is -0.381 e. The van der Waals surface area contributed by atoms with Crippen LogP contribution >= 0.6 is 0 Å². The van der Waals surface area contributed by atoms with Gasteiger partial charge >= 0.3 is 0 Å². The van der Waals surface area contributed by atoms with Gasteiger partial charge in [0, 0.05) is 71.1 Å². The Balaban J connectivity index is 1.21. The highest BCUT2D eigenvalue weighted by atomic mass is 19.1. The number of halogens is 1. The highest BCUT2D eigenvalue weighted by Gasteiger charge is 2.48. The molecule has 0 spiro atoms. The van der Waals surface area contributed by atoms with Gasteiger partial charge in [0.1, 0.15) is 6.17 Å². The Hall–Kier alpha value is -0.920. The number of piperazine rings is 1. The molecule has 7 atom stereocenters. The molecule has 33 heavy (non-hydrogen) atoms. The highest BCUT2D eigenvalue weighted by Crippen LogP contribution is 2.25. The minimum atomic E-state index is -0.963. The van der Waals surface area contributed by atoms with Crippen molar-refractivity contribution >= 4 is 5.91 Å². The summed E-state index contributed by atoms with van der Waals surface area (Å²) >= 11 is 0. The summed E-state index contributed by atoms with van der Waals surface area (Å²) in [6.45, 7) is 10.4. The largest absolute Gasteiger partial charge is 0.381 e. The fraction of sp³-hybridized carbons (Fsp3) is 0.955. The molecule has 5 aliphatic heterocycles. The Morgan fingerprint density at radius 2 is 1.82 bits per heavy atom. The molecule has 10 nitrogen and oxygen atoms in total. The number of hydrogen-bond donors (Lipinski definition) is 5. The molecule has 0 aliphatic carbocycles. The third-order valence-corrected chi connectivity index (χ3v) is 8.25. The van der Waals surface area contributed by atoms with Gasteiger partial charge in [0.15, 0.2) is 0 Å². The van der Waals surface area contributed by atoms with Crippen molar-refractivity contribution in [3.63, 3.8) is 0 Å². The molecule has 5 rings (SSSR count). The molecule has 5 saturated heterocycles. The quantitative estimate of drug-likeness (QED) is 0.316. The van der Waals surface area contributed by atoms with Crippen LogP contribution in [0.25, 0.3) is 0 Å². The van der Waals surface area contributed by atoms with Crippen molar-refractivity contribution in [2.75, 3.05) is 65.6 Å². The lowest BCUT2D eigenvalue weighted by Gasteiger charge is -2.49.